The molecule has 0 amide bonds. The van der Waals surface area contributed by atoms with Gasteiger partial charge < -0.3 is 14.6 Å². The predicted octanol–water partition coefficient (Wildman–Crippen LogP) is 2.72. The standard InChI is InChI=1S/C18H26O5S/c1-2-22-16-8-3-4-9-17(16)23-11-10-18(19)12-14-6-5-7-15(13-18)24(14,20)21/h3-4,8-9,14-15,19H,2,5-7,10-13H2,1H3. The lowest BCUT2D eigenvalue weighted by Gasteiger charge is -2.43. The van der Waals surface area contributed by atoms with Crippen LogP contribution in [-0.4, -0.2) is 42.8 Å². The average Bonchev–Trinajstić information content (AvgIpc) is 2.51. The first-order valence-corrected chi connectivity index (χ1v) is 10.4. The van der Waals surface area contributed by atoms with E-state index >= 15 is 0 Å². The molecular weight excluding hydrogens is 328 g/mol. The Hall–Kier alpha value is -1.27. The average molecular weight is 354 g/mol. The van der Waals surface area contributed by atoms with Gasteiger partial charge in [0.05, 0.1) is 29.3 Å². The van der Waals surface area contributed by atoms with E-state index in [1.807, 2.05) is 31.2 Å². The van der Waals surface area contributed by atoms with Gasteiger partial charge in [-0.3, -0.25) is 0 Å². The van der Waals surface area contributed by atoms with E-state index in [0.29, 0.717) is 56.8 Å². The molecule has 0 aliphatic carbocycles. The summed E-state index contributed by atoms with van der Waals surface area (Å²) in [6, 6.07) is 7.46. The van der Waals surface area contributed by atoms with Crippen LogP contribution in [0.1, 0.15) is 45.4 Å². The first-order chi connectivity index (χ1) is 11.4. The lowest BCUT2D eigenvalue weighted by Crippen LogP contribution is -2.52. The van der Waals surface area contributed by atoms with Gasteiger partial charge in [-0.2, -0.15) is 0 Å². The first-order valence-electron chi connectivity index (χ1n) is 8.74. The Balaban J connectivity index is 1.61. The highest BCUT2D eigenvalue weighted by Gasteiger charge is 2.50. The number of sulfone groups is 1. The van der Waals surface area contributed by atoms with Gasteiger partial charge >= 0.3 is 0 Å². The zero-order valence-corrected chi connectivity index (χ0v) is 14.9. The van der Waals surface area contributed by atoms with Crippen molar-refractivity contribution in [3.63, 3.8) is 0 Å². The van der Waals surface area contributed by atoms with Crippen LogP contribution < -0.4 is 9.47 Å². The molecule has 2 aliphatic rings. The first kappa shape index (κ1) is 17.5. The highest BCUT2D eigenvalue weighted by atomic mass is 32.2. The molecule has 5 nitrogen and oxygen atoms in total. The maximum atomic E-state index is 12.3. The molecule has 1 aromatic carbocycles. The number of rotatable bonds is 6. The zero-order valence-electron chi connectivity index (χ0n) is 14.1. The summed E-state index contributed by atoms with van der Waals surface area (Å²) in [6.45, 7) is 2.83. The molecule has 2 bridgehead atoms. The Bertz CT molecular complexity index is 650. The highest BCUT2D eigenvalue weighted by Crippen LogP contribution is 2.42. The van der Waals surface area contributed by atoms with Crippen LogP contribution in [0.2, 0.25) is 0 Å². The number of ether oxygens (including phenoxy) is 2. The summed E-state index contributed by atoms with van der Waals surface area (Å²) >= 11 is 0. The van der Waals surface area contributed by atoms with E-state index in [1.165, 1.54) is 0 Å². The maximum Gasteiger partial charge on any atom is 0.161 e. The Labute approximate surface area is 143 Å². The van der Waals surface area contributed by atoms with Gasteiger partial charge in [-0.25, -0.2) is 8.42 Å². The molecule has 0 saturated carbocycles. The van der Waals surface area contributed by atoms with Crippen molar-refractivity contribution in [2.75, 3.05) is 13.2 Å². The molecule has 2 saturated heterocycles. The zero-order chi connectivity index (χ0) is 17.2. The molecule has 2 aliphatic heterocycles. The Morgan fingerprint density at radius 3 is 2.29 bits per heavy atom. The number of hydrogen-bond donors (Lipinski definition) is 1. The molecule has 2 unspecified atom stereocenters. The lowest BCUT2D eigenvalue weighted by molar-refractivity contribution is -0.00868. The number of aliphatic hydroxyl groups is 1. The fourth-order valence-electron chi connectivity index (χ4n) is 3.94. The van der Waals surface area contributed by atoms with Gasteiger partial charge in [0.15, 0.2) is 21.3 Å². The van der Waals surface area contributed by atoms with Crippen LogP contribution in [0, 0.1) is 0 Å². The second kappa shape index (κ2) is 6.92. The van der Waals surface area contributed by atoms with Crippen molar-refractivity contribution in [3.05, 3.63) is 24.3 Å². The van der Waals surface area contributed by atoms with Gasteiger partial charge in [0.1, 0.15) is 0 Å². The van der Waals surface area contributed by atoms with Crippen LogP contribution in [0.4, 0.5) is 0 Å². The van der Waals surface area contributed by atoms with Gasteiger partial charge in [0, 0.05) is 6.42 Å². The summed E-state index contributed by atoms with van der Waals surface area (Å²) in [5, 5.41) is 10.1. The molecule has 1 aromatic rings. The Kier molecular flexibility index (Phi) is 5.06. The minimum absolute atomic E-state index is 0.336. The molecule has 2 atom stereocenters. The minimum atomic E-state index is -3.05. The molecule has 0 aromatic heterocycles. The lowest BCUT2D eigenvalue weighted by atomic mass is 9.83. The van der Waals surface area contributed by atoms with Crippen LogP contribution in [0.3, 0.4) is 0 Å². The van der Waals surface area contributed by atoms with Crippen LogP contribution in [0.25, 0.3) is 0 Å². The second-order valence-electron chi connectivity index (χ2n) is 6.87. The molecule has 0 spiro atoms. The van der Waals surface area contributed by atoms with E-state index < -0.39 is 15.4 Å². The van der Waals surface area contributed by atoms with Gasteiger partial charge in [-0.15, -0.1) is 0 Å². The third-order valence-corrected chi connectivity index (χ3v) is 7.83. The van der Waals surface area contributed by atoms with Crippen molar-refractivity contribution in [1.82, 2.24) is 0 Å². The van der Waals surface area contributed by atoms with E-state index in [2.05, 4.69) is 0 Å². The fourth-order valence-corrected chi connectivity index (χ4v) is 6.56. The molecule has 6 heteroatoms. The van der Waals surface area contributed by atoms with E-state index in [-0.39, 0.29) is 10.5 Å². The maximum absolute atomic E-state index is 12.3. The van der Waals surface area contributed by atoms with E-state index in [1.54, 1.807) is 0 Å². The molecule has 134 valence electrons. The Morgan fingerprint density at radius 1 is 1.12 bits per heavy atom. The van der Waals surface area contributed by atoms with Gasteiger partial charge in [-0.1, -0.05) is 18.6 Å². The smallest absolute Gasteiger partial charge is 0.161 e. The van der Waals surface area contributed by atoms with Crippen molar-refractivity contribution >= 4 is 9.84 Å². The predicted molar refractivity (Wildman–Crippen MR) is 92.3 cm³/mol. The van der Waals surface area contributed by atoms with Crippen LogP contribution >= 0.6 is 0 Å². The van der Waals surface area contributed by atoms with E-state index in [9.17, 15) is 13.5 Å². The Morgan fingerprint density at radius 2 is 1.71 bits per heavy atom. The minimum Gasteiger partial charge on any atom is -0.490 e. The molecule has 3 rings (SSSR count). The van der Waals surface area contributed by atoms with E-state index in [4.69, 9.17) is 9.47 Å². The van der Waals surface area contributed by atoms with Crippen LogP contribution in [0.5, 0.6) is 11.5 Å². The highest BCUT2D eigenvalue weighted by molar-refractivity contribution is 7.92. The quantitative estimate of drug-likeness (QED) is 0.850. The number of para-hydroxylation sites is 2. The van der Waals surface area contributed by atoms with Crippen molar-refractivity contribution in [1.29, 1.82) is 0 Å². The molecular formula is C18H26O5S. The summed E-state index contributed by atoms with van der Waals surface area (Å²) in [5.41, 5.74) is -0.943. The third kappa shape index (κ3) is 3.54. The van der Waals surface area contributed by atoms with Crippen molar-refractivity contribution in [2.45, 2.75) is 61.5 Å². The van der Waals surface area contributed by atoms with Gasteiger partial charge in [0.25, 0.3) is 0 Å². The third-order valence-electron chi connectivity index (χ3n) is 5.17. The molecule has 2 heterocycles. The molecule has 24 heavy (non-hydrogen) atoms. The summed E-state index contributed by atoms with van der Waals surface area (Å²) < 4.78 is 36.0. The van der Waals surface area contributed by atoms with Crippen molar-refractivity contribution in [2.24, 2.45) is 0 Å². The van der Waals surface area contributed by atoms with Crippen LogP contribution in [-0.2, 0) is 9.84 Å². The topological polar surface area (TPSA) is 72.8 Å². The summed E-state index contributed by atoms with van der Waals surface area (Å²) in [6.07, 6.45) is 3.41. The summed E-state index contributed by atoms with van der Waals surface area (Å²) in [7, 11) is -3.05. The second-order valence-corrected chi connectivity index (χ2v) is 9.39. The molecule has 1 N–H and O–H groups in total. The molecule has 0 radical (unpaired) electrons. The monoisotopic (exact) mass is 354 g/mol. The summed E-state index contributed by atoms with van der Waals surface area (Å²) in [5.74, 6) is 1.35. The number of fused-ring (bicyclic) bond motifs is 2. The van der Waals surface area contributed by atoms with Crippen molar-refractivity contribution in [3.8, 4) is 11.5 Å². The van der Waals surface area contributed by atoms with Gasteiger partial charge in [-0.05, 0) is 44.7 Å². The number of benzene rings is 1. The number of hydrogen-bond acceptors (Lipinski definition) is 5. The summed E-state index contributed by atoms with van der Waals surface area (Å²) in [4.78, 5) is 0. The van der Waals surface area contributed by atoms with Crippen molar-refractivity contribution < 1.29 is 23.0 Å². The fraction of sp³-hybridized carbons (Fsp3) is 0.667. The van der Waals surface area contributed by atoms with Gasteiger partial charge in [0.2, 0.25) is 0 Å². The largest absolute Gasteiger partial charge is 0.490 e. The van der Waals surface area contributed by atoms with Crippen LogP contribution in [0.15, 0.2) is 24.3 Å². The molecule has 2 fully saturated rings. The SMILES string of the molecule is CCOc1ccccc1OCCC1(O)CC2CCCC(C1)S2(=O)=O. The van der Waals surface area contributed by atoms with E-state index in [0.717, 1.165) is 6.42 Å². The normalized spacial score (nSPS) is 31.4.